The van der Waals surface area contributed by atoms with Crippen LogP contribution in [0, 0.1) is 0 Å². The van der Waals surface area contributed by atoms with Crippen LogP contribution < -0.4 is 14.2 Å². The third kappa shape index (κ3) is 4.40. The van der Waals surface area contributed by atoms with E-state index in [2.05, 4.69) is 15.2 Å². The van der Waals surface area contributed by atoms with Crippen LogP contribution in [0.25, 0.3) is 11.4 Å². The molecule has 2 aromatic carbocycles. The van der Waals surface area contributed by atoms with Gasteiger partial charge in [0.2, 0.25) is 5.16 Å². The topological polar surface area (TPSA) is 86.3 Å². The van der Waals surface area contributed by atoms with Gasteiger partial charge in [0.05, 0.1) is 27.1 Å². The quantitative estimate of drug-likeness (QED) is 0.469. The Balaban J connectivity index is 1.65. The molecule has 3 aromatic rings. The number of Topliss-reactive ketones (excluding diaryl/α,β-unsaturated/α-hetero) is 1. The summed E-state index contributed by atoms with van der Waals surface area (Å²) in [7, 11) is 4.71. The number of rotatable bonds is 8. The lowest BCUT2D eigenvalue weighted by Crippen LogP contribution is -2.03. The zero-order valence-electron chi connectivity index (χ0n) is 15.2. The maximum atomic E-state index is 12.4. The summed E-state index contributed by atoms with van der Waals surface area (Å²) in [6.45, 7) is 0. The molecule has 7 nitrogen and oxygen atoms in total. The first-order valence-electron chi connectivity index (χ1n) is 8.09. The van der Waals surface area contributed by atoms with Gasteiger partial charge in [-0.15, -0.1) is 5.10 Å². The highest BCUT2D eigenvalue weighted by atomic mass is 32.2. The number of carbonyl (C=O) groups is 1. The number of nitrogens with zero attached hydrogens (tertiary/aromatic N) is 2. The SMILES string of the molecule is COc1ccc(-c2nc(SCC(=O)c3ccc(OC)c(OC)c3)n[nH]2)cc1. The van der Waals surface area contributed by atoms with E-state index >= 15 is 0 Å². The third-order valence-electron chi connectivity index (χ3n) is 3.87. The zero-order chi connectivity index (χ0) is 19.2. The highest BCUT2D eigenvalue weighted by Crippen LogP contribution is 2.28. The molecule has 1 aromatic heterocycles. The number of benzene rings is 2. The van der Waals surface area contributed by atoms with Crippen LogP contribution in [0.1, 0.15) is 10.4 Å². The van der Waals surface area contributed by atoms with Crippen molar-refractivity contribution >= 4 is 17.5 Å². The predicted octanol–water partition coefficient (Wildman–Crippen LogP) is 3.47. The fourth-order valence-electron chi connectivity index (χ4n) is 2.41. The molecule has 1 heterocycles. The van der Waals surface area contributed by atoms with Crippen molar-refractivity contribution in [2.24, 2.45) is 0 Å². The van der Waals surface area contributed by atoms with E-state index in [1.807, 2.05) is 24.3 Å². The van der Waals surface area contributed by atoms with E-state index in [9.17, 15) is 4.79 Å². The molecule has 0 bridgehead atoms. The highest BCUT2D eigenvalue weighted by Gasteiger charge is 2.13. The Hall–Kier alpha value is -3.00. The van der Waals surface area contributed by atoms with Gasteiger partial charge in [-0.1, -0.05) is 11.8 Å². The first-order chi connectivity index (χ1) is 13.1. The van der Waals surface area contributed by atoms with Crippen LogP contribution in [0.2, 0.25) is 0 Å². The molecule has 0 radical (unpaired) electrons. The van der Waals surface area contributed by atoms with E-state index in [-0.39, 0.29) is 11.5 Å². The lowest BCUT2D eigenvalue weighted by atomic mass is 10.1. The molecular weight excluding hydrogens is 366 g/mol. The Morgan fingerprint density at radius 3 is 2.41 bits per heavy atom. The molecule has 0 saturated heterocycles. The average molecular weight is 385 g/mol. The second-order valence-corrected chi connectivity index (χ2v) is 6.42. The molecule has 8 heteroatoms. The minimum atomic E-state index is -0.0447. The number of aromatic nitrogens is 3. The lowest BCUT2D eigenvalue weighted by molar-refractivity contribution is 0.102. The van der Waals surface area contributed by atoms with Crippen molar-refractivity contribution < 1.29 is 19.0 Å². The summed E-state index contributed by atoms with van der Waals surface area (Å²) < 4.78 is 15.6. The summed E-state index contributed by atoms with van der Waals surface area (Å²) in [6, 6.07) is 12.6. The molecule has 0 amide bonds. The Morgan fingerprint density at radius 1 is 1.00 bits per heavy atom. The zero-order valence-corrected chi connectivity index (χ0v) is 16.0. The molecule has 0 saturated carbocycles. The number of hydrogen-bond donors (Lipinski definition) is 1. The summed E-state index contributed by atoms with van der Waals surface area (Å²) in [5, 5.41) is 7.56. The summed E-state index contributed by atoms with van der Waals surface area (Å²) in [5.74, 6) is 2.69. The van der Waals surface area contributed by atoms with E-state index < -0.39 is 0 Å². The number of nitrogens with one attached hydrogen (secondary N) is 1. The van der Waals surface area contributed by atoms with Crippen LogP contribution in [0.15, 0.2) is 47.6 Å². The first kappa shape index (κ1) is 18.8. The molecule has 0 atom stereocenters. The number of carbonyl (C=O) groups excluding carboxylic acids is 1. The van der Waals surface area contributed by atoms with Crippen LogP contribution >= 0.6 is 11.8 Å². The maximum absolute atomic E-state index is 12.4. The Kier molecular flexibility index (Phi) is 5.97. The van der Waals surface area contributed by atoms with Gasteiger partial charge in [0.1, 0.15) is 5.75 Å². The maximum Gasteiger partial charge on any atom is 0.209 e. The molecule has 0 unspecified atom stereocenters. The second kappa shape index (κ2) is 8.59. The van der Waals surface area contributed by atoms with Crippen LogP contribution in [-0.4, -0.2) is 48.0 Å². The lowest BCUT2D eigenvalue weighted by Gasteiger charge is -2.08. The molecule has 3 rings (SSSR count). The summed E-state index contributed by atoms with van der Waals surface area (Å²) in [6.07, 6.45) is 0. The first-order valence-corrected chi connectivity index (χ1v) is 9.08. The number of ketones is 1. The third-order valence-corrected chi connectivity index (χ3v) is 4.71. The smallest absolute Gasteiger partial charge is 0.209 e. The number of thioether (sulfide) groups is 1. The number of H-pyrrole nitrogens is 1. The van der Waals surface area contributed by atoms with Crippen molar-refractivity contribution in [1.82, 2.24) is 15.2 Å². The largest absolute Gasteiger partial charge is 0.497 e. The van der Waals surface area contributed by atoms with Crippen molar-refractivity contribution in [1.29, 1.82) is 0 Å². The second-order valence-electron chi connectivity index (χ2n) is 5.48. The summed E-state index contributed by atoms with van der Waals surface area (Å²) >= 11 is 1.27. The number of hydrogen-bond acceptors (Lipinski definition) is 7. The van der Waals surface area contributed by atoms with E-state index in [4.69, 9.17) is 14.2 Å². The van der Waals surface area contributed by atoms with Crippen molar-refractivity contribution in [3.05, 3.63) is 48.0 Å². The van der Waals surface area contributed by atoms with Gasteiger partial charge in [-0.25, -0.2) is 4.98 Å². The minimum Gasteiger partial charge on any atom is -0.497 e. The van der Waals surface area contributed by atoms with Crippen molar-refractivity contribution in [3.8, 4) is 28.6 Å². The van der Waals surface area contributed by atoms with Crippen molar-refractivity contribution in [2.75, 3.05) is 27.1 Å². The van der Waals surface area contributed by atoms with Gasteiger partial charge in [-0.2, -0.15) is 0 Å². The monoisotopic (exact) mass is 385 g/mol. The Morgan fingerprint density at radius 2 is 1.74 bits per heavy atom. The minimum absolute atomic E-state index is 0.0447. The van der Waals surface area contributed by atoms with Gasteiger partial charge in [0.25, 0.3) is 0 Å². The van der Waals surface area contributed by atoms with Gasteiger partial charge in [-0.3, -0.25) is 9.89 Å². The van der Waals surface area contributed by atoms with Gasteiger partial charge in [0, 0.05) is 11.1 Å². The number of ether oxygens (including phenoxy) is 3. The standard InChI is InChI=1S/C19H19N3O4S/c1-24-14-7-4-12(5-8-14)18-20-19(22-21-18)27-11-15(23)13-6-9-16(25-2)17(10-13)26-3/h4-10H,11H2,1-3H3,(H,20,21,22). The summed E-state index contributed by atoms with van der Waals surface area (Å²) in [4.78, 5) is 16.9. The molecule has 0 aliphatic carbocycles. The van der Waals surface area contributed by atoms with Gasteiger partial charge in [0.15, 0.2) is 23.1 Å². The van der Waals surface area contributed by atoms with Crippen LogP contribution in [0.5, 0.6) is 17.2 Å². The molecule has 0 spiro atoms. The molecule has 27 heavy (non-hydrogen) atoms. The Labute approximate surface area is 161 Å². The van der Waals surface area contributed by atoms with Crippen LogP contribution in [0.3, 0.4) is 0 Å². The van der Waals surface area contributed by atoms with Gasteiger partial charge >= 0.3 is 0 Å². The molecule has 140 valence electrons. The number of methoxy groups -OCH3 is 3. The fraction of sp³-hybridized carbons (Fsp3) is 0.211. The molecule has 0 aliphatic rings. The average Bonchev–Trinajstić information content (AvgIpc) is 3.20. The van der Waals surface area contributed by atoms with E-state index in [1.54, 1.807) is 32.4 Å². The van der Waals surface area contributed by atoms with Crippen molar-refractivity contribution in [2.45, 2.75) is 5.16 Å². The molecular formula is C19H19N3O4S. The van der Waals surface area contributed by atoms with Crippen molar-refractivity contribution in [3.63, 3.8) is 0 Å². The summed E-state index contributed by atoms with van der Waals surface area (Å²) in [5.41, 5.74) is 1.44. The fourth-order valence-corrected chi connectivity index (χ4v) is 3.10. The molecule has 0 fully saturated rings. The number of aromatic amines is 1. The van der Waals surface area contributed by atoms with E-state index in [0.29, 0.717) is 28.0 Å². The normalized spacial score (nSPS) is 10.5. The molecule has 1 N–H and O–H groups in total. The van der Waals surface area contributed by atoms with Gasteiger partial charge < -0.3 is 14.2 Å². The van der Waals surface area contributed by atoms with Gasteiger partial charge in [-0.05, 0) is 42.5 Å². The molecule has 0 aliphatic heterocycles. The van der Waals surface area contributed by atoms with E-state index in [1.165, 1.54) is 18.9 Å². The predicted molar refractivity (Wildman–Crippen MR) is 103 cm³/mol. The highest BCUT2D eigenvalue weighted by molar-refractivity contribution is 7.99. The van der Waals surface area contributed by atoms with Crippen LogP contribution in [0.4, 0.5) is 0 Å². The van der Waals surface area contributed by atoms with E-state index in [0.717, 1.165) is 11.3 Å². The Bertz CT molecular complexity index is 925. The van der Waals surface area contributed by atoms with Crippen LogP contribution in [-0.2, 0) is 0 Å².